The first-order valence-corrected chi connectivity index (χ1v) is 12.9. The molecule has 0 fully saturated rings. The Morgan fingerprint density at radius 1 is 1.08 bits per heavy atom. The molecule has 0 unspecified atom stereocenters. The fourth-order valence-corrected chi connectivity index (χ4v) is 5.91. The van der Waals surface area contributed by atoms with Crippen LogP contribution >= 0.6 is 0 Å². The molecule has 0 aliphatic carbocycles. The number of amides is 1. The molecule has 0 saturated carbocycles. The van der Waals surface area contributed by atoms with Gasteiger partial charge in [0, 0.05) is 31.4 Å². The summed E-state index contributed by atoms with van der Waals surface area (Å²) in [4.78, 5) is 30.1. The quantitative estimate of drug-likeness (QED) is 0.430. The zero-order valence-electron chi connectivity index (χ0n) is 20.3. The van der Waals surface area contributed by atoms with Crippen LogP contribution in [-0.2, 0) is 39.0 Å². The summed E-state index contributed by atoms with van der Waals surface area (Å²) in [6.45, 7) is 0.344. The van der Waals surface area contributed by atoms with E-state index in [0.29, 0.717) is 16.4 Å². The van der Waals surface area contributed by atoms with Gasteiger partial charge in [-0.05, 0) is 41.3 Å². The lowest BCUT2D eigenvalue weighted by molar-refractivity contribution is -0.146. The van der Waals surface area contributed by atoms with Crippen molar-refractivity contribution >= 4 is 21.9 Å². The molecule has 1 aromatic heterocycles. The van der Waals surface area contributed by atoms with Gasteiger partial charge in [-0.1, -0.05) is 30.3 Å². The van der Waals surface area contributed by atoms with E-state index in [-0.39, 0.29) is 29.2 Å². The summed E-state index contributed by atoms with van der Waals surface area (Å²) in [6.07, 6.45) is 2.92. The number of rotatable bonds is 9. The molecule has 0 radical (unpaired) electrons. The molecule has 3 aromatic rings. The number of sulfonamides is 1. The SMILES string of the molecule is COc1ccc(S(=O)(=O)N(C(=O)[C@@H]2Cc3ccccc3CN2)[C@@H](Cc2cccnc2)C(=O)O)cc1OC. The van der Waals surface area contributed by atoms with Crippen molar-refractivity contribution in [2.75, 3.05) is 14.2 Å². The number of methoxy groups -OCH3 is 2. The number of carboxylic acids is 1. The van der Waals surface area contributed by atoms with E-state index in [4.69, 9.17) is 9.47 Å². The van der Waals surface area contributed by atoms with E-state index in [2.05, 4.69) is 10.3 Å². The second kappa shape index (κ2) is 11.0. The maximum atomic E-state index is 14.0. The van der Waals surface area contributed by atoms with Crippen LogP contribution in [0.1, 0.15) is 16.7 Å². The van der Waals surface area contributed by atoms with E-state index in [1.54, 1.807) is 12.1 Å². The summed E-state index contributed by atoms with van der Waals surface area (Å²) >= 11 is 0. The van der Waals surface area contributed by atoms with E-state index in [1.807, 2.05) is 24.3 Å². The van der Waals surface area contributed by atoms with Crippen LogP contribution in [0.2, 0.25) is 0 Å². The molecule has 0 spiro atoms. The monoisotopic (exact) mass is 525 g/mol. The smallest absolute Gasteiger partial charge is 0.328 e. The van der Waals surface area contributed by atoms with Crippen LogP contribution < -0.4 is 14.8 Å². The predicted molar refractivity (Wildman–Crippen MR) is 134 cm³/mol. The molecule has 2 atom stereocenters. The number of hydrogen-bond acceptors (Lipinski definition) is 8. The molecule has 10 nitrogen and oxygen atoms in total. The molecule has 2 N–H and O–H groups in total. The Bertz CT molecular complexity index is 1400. The molecule has 4 rings (SSSR count). The Labute approximate surface area is 214 Å². The van der Waals surface area contributed by atoms with Crippen molar-refractivity contribution in [3.05, 3.63) is 83.7 Å². The lowest BCUT2D eigenvalue weighted by Gasteiger charge is -2.34. The van der Waals surface area contributed by atoms with Gasteiger partial charge in [-0.25, -0.2) is 17.5 Å². The van der Waals surface area contributed by atoms with Gasteiger partial charge in [0.25, 0.3) is 15.9 Å². The van der Waals surface area contributed by atoms with E-state index < -0.39 is 34.0 Å². The second-order valence-corrected chi connectivity index (χ2v) is 10.3. The minimum absolute atomic E-state index is 0.125. The Morgan fingerprint density at radius 2 is 1.81 bits per heavy atom. The molecule has 11 heteroatoms. The van der Waals surface area contributed by atoms with Crippen molar-refractivity contribution in [1.82, 2.24) is 14.6 Å². The molecule has 1 amide bonds. The average molecular weight is 526 g/mol. The van der Waals surface area contributed by atoms with Crippen molar-refractivity contribution in [2.45, 2.75) is 36.4 Å². The van der Waals surface area contributed by atoms with Gasteiger partial charge in [0.2, 0.25) is 0 Å². The van der Waals surface area contributed by atoms with Gasteiger partial charge in [0.05, 0.1) is 25.2 Å². The average Bonchev–Trinajstić information content (AvgIpc) is 2.92. The van der Waals surface area contributed by atoms with Crippen molar-refractivity contribution in [3.8, 4) is 11.5 Å². The first kappa shape index (κ1) is 26.1. The van der Waals surface area contributed by atoms with Crippen molar-refractivity contribution < 1.29 is 32.6 Å². The molecular weight excluding hydrogens is 498 g/mol. The zero-order valence-corrected chi connectivity index (χ0v) is 21.1. The summed E-state index contributed by atoms with van der Waals surface area (Å²) in [6, 6.07) is 11.9. The van der Waals surface area contributed by atoms with Crippen LogP contribution in [0.15, 0.2) is 71.9 Å². The number of aromatic nitrogens is 1. The summed E-state index contributed by atoms with van der Waals surface area (Å²) in [5, 5.41) is 13.2. The minimum atomic E-state index is -4.64. The van der Waals surface area contributed by atoms with Crippen LogP contribution in [0.25, 0.3) is 0 Å². The highest BCUT2D eigenvalue weighted by Gasteiger charge is 2.43. The third-order valence-corrected chi connectivity index (χ3v) is 8.03. The topological polar surface area (TPSA) is 135 Å². The lowest BCUT2D eigenvalue weighted by atomic mass is 9.95. The van der Waals surface area contributed by atoms with Crippen LogP contribution in [0.3, 0.4) is 0 Å². The van der Waals surface area contributed by atoms with Gasteiger partial charge >= 0.3 is 5.97 Å². The number of hydrogen-bond donors (Lipinski definition) is 2. The molecule has 37 heavy (non-hydrogen) atoms. The number of ether oxygens (including phenoxy) is 2. The highest BCUT2D eigenvalue weighted by Crippen LogP contribution is 2.32. The highest BCUT2D eigenvalue weighted by atomic mass is 32.2. The number of pyridine rings is 1. The minimum Gasteiger partial charge on any atom is -0.493 e. The van der Waals surface area contributed by atoms with Gasteiger partial charge in [-0.15, -0.1) is 0 Å². The summed E-state index contributed by atoms with van der Waals surface area (Å²) in [5.74, 6) is -1.91. The normalized spacial score (nSPS) is 15.8. The Kier molecular flexibility index (Phi) is 7.74. The Balaban J connectivity index is 1.79. The fraction of sp³-hybridized carbons (Fsp3) is 0.269. The van der Waals surface area contributed by atoms with Gasteiger partial charge in [0.15, 0.2) is 11.5 Å². The third-order valence-electron chi connectivity index (χ3n) is 6.23. The van der Waals surface area contributed by atoms with Gasteiger partial charge < -0.3 is 19.9 Å². The number of carbonyl (C=O) groups is 2. The van der Waals surface area contributed by atoms with Gasteiger partial charge in [0.1, 0.15) is 6.04 Å². The zero-order chi connectivity index (χ0) is 26.6. The van der Waals surface area contributed by atoms with Gasteiger partial charge in [-0.2, -0.15) is 0 Å². The fourth-order valence-electron chi connectivity index (χ4n) is 4.33. The van der Waals surface area contributed by atoms with Crippen molar-refractivity contribution in [2.24, 2.45) is 0 Å². The lowest BCUT2D eigenvalue weighted by Crippen LogP contribution is -2.57. The third kappa shape index (κ3) is 5.42. The number of carboxylic acid groups (broad SMARTS) is 1. The second-order valence-electron chi connectivity index (χ2n) is 8.48. The molecular formula is C26H27N3O7S. The summed E-state index contributed by atoms with van der Waals surface area (Å²) in [5.41, 5.74) is 2.35. The standard InChI is InChI=1S/C26H27N3O7S/c1-35-23-10-9-20(14-24(23)36-2)37(33,34)29(22(26(31)32)12-17-6-5-11-27-15-17)25(30)21-13-18-7-3-4-8-19(18)16-28-21/h3-11,14-15,21-22,28H,12-13,16H2,1-2H3,(H,31,32)/t21-,22-/m0/s1. The maximum Gasteiger partial charge on any atom is 0.328 e. The molecule has 1 aliphatic rings. The largest absolute Gasteiger partial charge is 0.493 e. The maximum absolute atomic E-state index is 14.0. The van der Waals surface area contributed by atoms with Crippen LogP contribution in [0, 0.1) is 0 Å². The first-order valence-electron chi connectivity index (χ1n) is 11.5. The number of fused-ring (bicyclic) bond motifs is 1. The number of carbonyl (C=O) groups excluding carboxylic acids is 1. The molecule has 2 heterocycles. The van der Waals surface area contributed by atoms with E-state index in [9.17, 15) is 23.1 Å². The van der Waals surface area contributed by atoms with Crippen molar-refractivity contribution in [3.63, 3.8) is 0 Å². The number of aliphatic carboxylic acids is 1. The Hall–Kier alpha value is -3.96. The predicted octanol–water partition coefficient (Wildman–Crippen LogP) is 2.03. The Morgan fingerprint density at radius 3 is 2.46 bits per heavy atom. The summed E-state index contributed by atoms with van der Waals surface area (Å²) < 4.78 is 38.9. The summed E-state index contributed by atoms with van der Waals surface area (Å²) in [7, 11) is -1.89. The molecule has 0 bridgehead atoms. The number of benzene rings is 2. The van der Waals surface area contributed by atoms with E-state index in [1.165, 1.54) is 44.8 Å². The number of nitrogens with zero attached hydrogens (tertiary/aromatic N) is 2. The van der Waals surface area contributed by atoms with Crippen LogP contribution in [0.5, 0.6) is 11.5 Å². The van der Waals surface area contributed by atoms with E-state index in [0.717, 1.165) is 11.1 Å². The molecule has 194 valence electrons. The van der Waals surface area contributed by atoms with Gasteiger partial charge in [-0.3, -0.25) is 9.78 Å². The first-order chi connectivity index (χ1) is 17.8. The molecule has 2 aromatic carbocycles. The number of nitrogens with one attached hydrogen (secondary N) is 1. The van der Waals surface area contributed by atoms with Crippen LogP contribution in [-0.4, -0.2) is 61.0 Å². The van der Waals surface area contributed by atoms with E-state index >= 15 is 0 Å². The molecule has 0 saturated heterocycles. The highest BCUT2D eigenvalue weighted by molar-refractivity contribution is 7.89. The van der Waals surface area contributed by atoms with Crippen molar-refractivity contribution in [1.29, 1.82) is 0 Å². The van der Waals surface area contributed by atoms with Crippen LogP contribution in [0.4, 0.5) is 0 Å². The molecule has 1 aliphatic heterocycles.